The fraction of sp³-hybridized carbons (Fsp3) is 0. The van der Waals surface area contributed by atoms with Gasteiger partial charge in [-0.1, -0.05) is 18.2 Å². The van der Waals surface area contributed by atoms with Gasteiger partial charge in [0.05, 0.1) is 0 Å². The van der Waals surface area contributed by atoms with Crippen LogP contribution in [0, 0.1) is 0 Å². The van der Waals surface area contributed by atoms with Crippen LogP contribution in [0.25, 0.3) is 0 Å². The molecule has 0 unspecified atom stereocenters. The number of hydrogen-bond acceptors (Lipinski definition) is 6. The van der Waals surface area contributed by atoms with E-state index in [1.807, 2.05) is 30.3 Å². The van der Waals surface area contributed by atoms with E-state index < -0.39 is 0 Å². The molecule has 1 heterocycles. The molecule has 1 aromatic heterocycles. The van der Waals surface area contributed by atoms with Crippen molar-refractivity contribution in [2.45, 2.75) is 10.3 Å². The maximum atomic E-state index is 4.04. The Kier molecular flexibility index (Phi) is 5.57. The summed E-state index contributed by atoms with van der Waals surface area (Å²) in [6.07, 6.45) is 0. The van der Waals surface area contributed by atoms with Gasteiger partial charge >= 0.3 is 29.6 Å². The van der Waals surface area contributed by atoms with Crippen molar-refractivity contribution in [1.82, 2.24) is 15.0 Å². The van der Waals surface area contributed by atoms with Crippen molar-refractivity contribution in [3.63, 3.8) is 0 Å². The van der Waals surface area contributed by atoms with Crippen LogP contribution in [0.4, 0.5) is 11.6 Å². The summed E-state index contributed by atoms with van der Waals surface area (Å²) in [5.74, 6) is 0.436. The average molecular weight is 260 g/mol. The number of para-hydroxylation sites is 1. The van der Waals surface area contributed by atoms with Crippen LogP contribution >= 0.6 is 25.3 Å². The normalized spacial score (nSPS) is 9.38. The van der Waals surface area contributed by atoms with Gasteiger partial charge in [0, 0.05) is 5.69 Å². The second kappa shape index (κ2) is 6.46. The van der Waals surface area contributed by atoms with Crippen molar-refractivity contribution in [3.8, 4) is 0 Å². The molecule has 2 rings (SSSR count). The fourth-order valence-corrected chi connectivity index (χ4v) is 1.52. The average Bonchev–Trinajstić information content (AvgIpc) is 2.17. The third kappa shape index (κ3) is 3.95. The molecule has 0 aliphatic heterocycles. The topological polar surface area (TPSA) is 50.7 Å². The number of aromatic nitrogens is 3. The number of thiol groups is 2. The Morgan fingerprint density at radius 2 is 1.44 bits per heavy atom. The van der Waals surface area contributed by atoms with E-state index in [1.165, 1.54) is 0 Å². The third-order valence-corrected chi connectivity index (χ3v) is 2.04. The fourth-order valence-electron chi connectivity index (χ4n) is 1.06. The predicted octanol–water partition coefficient (Wildman–Crippen LogP) is 1.54. The van der Waals surface area contributed by atoms with Gasteiger partial charge in [-0.15, -0.1) is 25.3 Å². The maximum absolute atomic E-state index is 4.04. The molecular weight excluding hydrogens is 251 g/mol. The van der Waals surface area contributed by atoms with E-state index in [1.54, 1.807) is 0 Å². The number of rotatable bonds is 2. The van der Waals surface area contributed by atoms with Crippen LogP contribution in [0.15, 0.2) is 40.6 Å². The summed E-state index contributed by atoms with van der Waals surface area (Å²) < 4.78 is 0. The molecule has 0 saturated heterocycles. The minimum atomic E-state index is 0. The van der Waals surface area contributed by atoms with Crippen LogP contribution in [0.3, 0.4) is 0 Å². The Morgan fingerprint density at radius 1 is 0.875 bits per heavy atom. The number of nitrogens with zero attached hydrogens (tertiary/aromatic N) is 3. The molecule has 2 aromatic rings. The van der Waals surface area contributed by atoms with E-state index in [0.717, 1.165) is 5.69 Å². The summed E-state index contributed by atoms with van der Waals surface area (Å²) in [6, 6.07) is 9.62. The van der Waals surface area contributed by atoms with Crippen molar-refractivity contribution in [2.24, 2.45) is 0 Å². The van der Waals surface area contributed by atoms with Gasteiger partial charge in [-0.05, 0) is 12.1 Å². The van der Waals surface area contributed by atoms with Gasteiger partial charge in [-0.3, -0.25) is 0 Å². The molecule has 0 aliphatic rings. The summed E-state index contributed by atoms with van der Waals surface area (Å²) in [5, 5.41) is 3.71. The van der Waals surface area contributed by atoms with E-state index >= 15 is 0 Å². The monoisotopic (exact) mass is 260 g/mol. The van der Waals surface area contributed by atoms with E-state index in [4.69, 9.17) is 0 Å². The van der Waals surface area contributed by atoms with Crippen molar-refractivity contribution in [3.05, 3.63) is 30.3 Å². The molecule has 0 radical (unpaired) electrons. The van der Waals surface area contributed by atoms with Crippen LogP contribution in [-0.4, -0.2) is 44.5 Å². The van der Waals surface area contributed by atoms with Crippen LogP contribution in [0.1, 0.15) is 0 Å². The number of hydrogen-bond donors (Lipinski definition) is 3. The van der Waals surface area contributed by atoms with Gasteiger partial charge in [0.2, 0.25) is 5.95 Å². The van der Waals surface area contributed by atoms with Crippen molar-refractivity contribution < 1.29 is 0 Å². The SMILES string of the molecule is Sc1nc(S)nc(Nc2ccccc2)n1.[NaH]. The molecule has 16 heavy (non-hydrogen) atoms. The summed E-state index contributed by atoms with van der Waals surface area (Å²) in [5.41, 5.74) is 0.907. The summed E-state index contributed by atoms with van der Waals surface area (Å²) >= 11 is 8.08. The molecule has 0 fully saturated rings. The Hall–Kier alpha value is -0.270. The molecule has 1 N–H and O–H groups in total. The van der Waals surface area contributed by atoms with Crippen LogP contribution in [0.2, 0.25) is 0 Å². The molecule has 0 spiro atoms. The quantitative estimate of drug-likeness (QED) is 0.566. The minimum absolute atomic E-state index is 0. The molecular formula is C9H9N4NaS2. The molecule has 7 heteroatoms. The Labute approximate surface area is 126 Å². The molecule has 0 atom stereocenters. The van der Waals surface area contributed by atoms with E-state index in [0.29, 0.717) is 16.3 Å². The van der Waals surface area contributed by atoms with Gasteiger partial charge in [0.1, 0.15) is 0 Å². The molecule has 0 bridgehead atoms. The number of nitrogens with one attached hydrogen (secondary N) is 1. The van der Waals surface area contributed by atoms with Gasteiger partial charge in [0.15, 0.2) is 10.3 Å². The Balaban J connectivity index is 0.00000128. The molecule has 4 nitrogen and oxygen atoms in total. The van der Waals surface area contributed by atoms with E-state index in [2.05, 4.69) is 45.5 Å². The zero-order chi connectivity index (χ0) is 10.7. The van der Waals surface area contributed by atoms with Gasteiger partial charge in [-0.25, -0.2) is 0 Å². The van der Waals surface area contributed by atoms with Gasteiger partial charge in [-0.2, -0.15) is 15.0 Å². The first kappa shape index (κ1) is 13.8. The summed E-state index contributed by atoms with van der Waals surface area (Å²) in [4.78, 5) is 11.9. The predicted molar refractivity (Wildman–Crippen MR) is 71.2 cm³/mol. The molecule has 0 aliphatic carbocycles. The van der Waals surface area contributed by atoms with Gasteiger partial charge in [0.25, 0.3) is 0 Å². The second-order valence-electron chi connectivity index (χ2n) is 2.75. The molecule has 78 valence electrons. The van der Waals surface area contributed by atoms with Crippen LogP contribution in [0.5, 0.6) is 0 Å². The molecule has 1 aromatic carbocycles. The standard InChI is InChI=1S/C9H8N4S2.Na.H/c14-8-11-7(12-9(15)13-8)10-6-4-2-1-3-5-6;;/h1-5H,(H3,10,11,12,13,14,15);;. The first-order chi connectivity index (χ1) is 7.24. The molecule has 0 saturated carbocycles. The Morgan fingerprint density at radius 3 is 2.00 bits per heavy atom. The van der Waals surface area contributed by atoms with Crippen molar-refractivity contribution in [1.29, 1.82) is 0 Å². The van der Waals surface area contributed by atoms with Crippen molar-refractivity contribution >= 4 is 66.5 Å². The zero-order valence-corrected chi connectivity index (χ0v) is 9.41. The molecule has 0 amide bonds. The van der Waals surface area contributed by atoms with Crippen molar-refractivity contribution in [2.75, 3.05) is 5.32 Å². The summed E-state index contributed by atoms with van der Waals surface area (Å²) in [6.45, 7) is 0. The Bertz CT molecular complexity index is 446. The first-order valence-electron chi connectivity index (χ1n) is 4.20. The number of anilines is 2. The third-order valence-electron chi connectivity index (χ3n) is 1.64. The summed E-state index contributed by atoms with van der Waals surface area (Å²) in [7, 11) is 0. The van der Waals surface area contributed by atoms with Crippen LogP contribution in [-0.2, 0) is 0 Å². The van der Waals surface area contributed by atoms with Gasteiger partial charge < -0.3 is 5.32 Å². The van der Waals surface area contributed by atoms with Crippen LogP contribution < -0.4 is 5.32 Å². The first-order valence-corrected chi connectivity index (χ1v) is 5.09. The second-order valence-corrected chi connectivity index (χ2v) is 3.55. The van der Waals surface area contributed by atoms with E-state index in [-0.39, 0.29) is 29.6 Å². The van der Waals surface area contributed by atoms with E-state index in [9.17, 15) is 0 Å². The number of benzene rings is 1. The zero-order valence-electron chi connectivity index (χ0n) is 7.62.